The third-order valence-corrected chi connectivity index (χ3v) is 10.9. The summed E-state index contributed by atoms with van der Waals surface area (Å²) in [5.74, 6) is -4.31. The summed E-state index contributed by atoms with van der Waals surface area (Å²) >= 11 is 0. The summed E-state index contributed by atoms with van der Waals surface area (Å²) in [7, 11) is 0. The van der Waals surface area contributed by atoms with Gasteiger partial charge in [-0.15, -0.1) is 0 Å². The van der Waals surface area contributed by atoms with E-state index < -0.39 is 77.6 Å². The smallest absolute Gasteiger partial charge is 0.413 e. The number of hydrogen-bond acceptors (Lipinski definition) is 16. The number of aliphatic hydroxyl groups is 1. The molecule has 9 amide bonds. The van der Waals surface area contributed by atoms with E-state index in [4.69, 9.17) is 29.7 Å². The average Bonchev–Trinajstić information content (AvgIpc) is 3.87. The van der Waals surface area contributed by atoms with Crippen molar-refractivity contribution in [3.8, 4) is 0 Å². The summed E-state index contributed by atoms with van der Waals surface area (Å²) in [5.41, 5.74) is 6.70. The minimum absolute atomic E-state index is 0.00924. The van der Waals surface area contributed by atoms with Crippen LogP contribution in [0.5, 0.6) is 0 Å². The van der Waals surface area contributed by atoms with Gasteiger partial charge in [-0.05, 0) is 58.4 Å². The molecule has 398 valence electrons. The van der Waals surface area contributed by atoms with Crippen LogP contribution in [0.1, 0.15) is 65.3 Å². The fourth-order valence-corrected chi connectivity index (χ4v) is 7.22. The molecule has 25 nitrogen and oxygen atoms in total. The predicted molar refractivity (Wildman–Crippen MR) is 266 cm³/mol. The maximum atomic E-state index is 13.3. The number of rotatable bonds is 29. The van der Waals surface area contributed by atoms with Crippen molar-refractivity contribution in [1.29, 1.82) is 0 Å². The van der Waals surface area contributed by atoms with Crippen molar-refractivity contribution in [3.05, 3.63) is 72.1 Å². The number of anilines is 2. The van der Waals surface area contributed by atoms with E-state index in [2.05, 4.69) is 36.9 Å². The van der Waals surface area contributed by atoms with E-state index in [9.17, 15) is 48.3 Å². The van der Waals surface area contributed by atoms with Gasteiger partial charge in [0.2, 0.25) is 35.4 Å². The van der Waals surface area contributed by atoms with Gasteiger partial charge in [-0.1, -0.05) is 30.3 Å². The Hall–Kier alpha value is -7.87. The lowest BCUT2D eigenvalue weighted by Gasteiger charge is -2.22. The van der Waals surface area contributed by atoms with Crippen LogP contribution in [-0.4, -0.2) is 148 Å². The summed E-state index contributed by atoms with van der Waals surface area (Å²) < 4.78 is 23.8. The van der Waals surface area contributed by atoms with E-state index >= 15 is 0 Å². The standard InChI is InChI=1S/C49H63N11O14/c1-6-71-27-37-57-42-43(60(37)28-49(4,5)70)33-9-7-8-10-34(33)55-44(42)58-48(69)74-26-31-11-13-32(14-12-31)54-47(68)35(25-36(50)61)56-46(67)30(3)53-45(66)29(2)52-39(63)18-21-72-23-24-73-22-19-51-38(62)17-20-59-40(64)15-16-41(59)65/h7-16,29-30,35,70H,6,17-28H2,1-5H3,(H2,50,61)(H,51,62)(H,52,63)(H,53,66)(H,54,68)(H,56,67)(H,55,58,69)/t29-,30-,35-/m0/s1. The zero-order chi connectivity index (χ0) is 54.0. The number of ether oxygens (including phenoxy) is 4. The summed E-state index contributed by atoms with van der Waals surface area (Å²) in [5, 5.41) is 26.8. The van der Waals surface area contributed by atoms with Crippen LogP contribution in [0.2, 0.25) is 0 Å². The van der Waals surface area contributed by atoms with Gasteiger partial charge in [0.25, 0.3) is 11.8 Å². The normalized spacial score (nSPS) is 13.6. The topological polar surface area (TPSA) is 343 Å². The van der Waals surface area contributed by atoms with Crippen LogP contribution in [0.3, 0.4) is 0 Å². The lowest BCUT2D eigenvalue weighted by Crippen LogP contribution is -2.55. The van der Waals surface area contributed by atoms with Crippen LogP contribution in [0.4, 0.5) is 16.3 Å². The molecule has 1 aliphatic rings. The van der Waals surface area contributed by atoms with E-state index in [0.717, 1.165) is 22.4 Å². The lowest BCUT2D eigenvalue weighted by atomic mass is 10.1. The number of nitrogens with zero attached hydrogens (tertiary/aromatic N) is 4. The molecule has 0 fully saturated rings. The van der Waals surface area contributed by atoms with E-state index in [-0.39, 0.29) is 89.5 Å². The molecule has 0 unspecified atom stereocenters. The fraction of sp³-hybridized carbons (Fsp3) is 0.449. The van der Waals surface area contributed by atoms with Gasteiger partial charge in [-0.2, -0.15) is 0 Å². The van der Waals surface area contributed by atoms with E-state index in [1.165, 1.54) is 26.0 Å². The Balaban J connectivity index is 1.02. The van der Waals surface area contributed by atoms with Crippen molar-refractivity contribution >= 4 is 86.8 Å². The molecule has 0 aliphatic carbocycles. The molecule has 2 aromatic carbocycles. The van der Waals surface area contributed by atoms with Crippen LogP contribution < -0.4 is 37.6 Å². The molecule has 0 bridgehead atoms. The highest BCUT2D eigenvalue weighted by Crippen LogP contribution is 2.32. The highest BCUT2D eigenvalue weighted by molar-refractivity contribution is 6.13. The first-order valence-corrected chi connectivity index (χ1v) is 23.8. The van der Waals surface area contributed by atoms with Crippen LogP contribution in [0, 0.1) is 0 Å². The maximum absolute atomic E-state index is 13.3. The third kappa shape index (κ3) is 17.4. The SMILES string of the molecule is CCOCc1nc2c(NC(=O)OCc3ccc(NC(=O)[C@H](CC(N)=O)NC(=O)[C@H](C)NC(=O)[C@H](C)NC(=O)CCOCCOCCNC(=O)CCN4C(=O)C=CC4=O)cc3)nc3ccccc3c2n1CC(C)(C)O. The quantitative estimate of drug-likeness (QED) is 0.0275. The van der Waals surface area contributed by atoms with Crippen molar-refractivity contribution in [2.24, 2.45) is 5.73 Å². The van der Waals surface area contributed by atoms with E-state index in [1.54, 1.807) is 32.0 Å². The molecule has 9 N–H and O–H groups in total. The monoisotopic (exact) mass is 1030 g/mol. The summed E-state index contributed by atoms with van der Waals surface area (Å²) in [6.07, 6.45) is 0.760. The molecular weight excluding hydrogens is 967 g/mol. The number of fused-ring (bicyclic) bond motifs is 3. The van der Waals surface area contributed by atoms with Crippen molar-refractivity contribution < 1.29 is 67.2 Å². The second kappa shape index (κ2) is 27.3. The fourth-order valence-electron chi connectivity index (χ4n) is 7.22. The minimum atomic E-state index is -1.43. The third-order valence-electron chi connectivity index (χ3n) is 10.9. The number of imidazole rings is 1. The first kappa shape index (κ1) is 57.0. The number of amides is 9. The molecule has 3 heterocycles. The number of primary amides is 1. The first-order valence-electron chi connectivity index (χ1n) is 23.8. The number of benzene rings is 2. The molecule has 0 saturated carbocycles. The number of carbonyl (C=O) groups is 9. The highest BCUT2D eigenvalue weighted by Gasteiger charge is 2.29. The van der Waals surface area contributed by atoms with E-state index in [0.29, 0.717) is 34.5 Å². The number of nitrogens with two attached hydrogens (primary N) is 1. The Labute approximate surface area is 425 Å². The average molecular weight is 1030 g/mol. The van der Waals surface area contributed by atoms with Crippen LogP contribution in [-0.2, 0) is 77.1 Å². The van der Waals surface area contributed by atoms with Crippen molar-refractivity contribution in [1.82, 2.24) is 40.7 Å². The summed E-state index contributed by atoms with van der Waals surface area (Å²) in [4.78, 5) is 122. The second-order valence-corrected chi connectivity index (χ2v) is 17.6. The molecule has 5 rings (SSSR count). The minimum Gasteiger partial charge on any atom is -0.444 e. The van der Waals surface area contributed by atoms with Gasteiger partial charge in [-0.3, -0.25) is 48.6 Å². The van der Waals surface area contributed by atoms with E-state index in [1.807, 2.05) is 29.7 Å². The van der Waals surface area contributed by atoms with Crippen LogP contribution >= 0.6 is 0 Å². The molecule has 2 aromatic heterocycles. The Morgan fingerprint density at radius 3 is 2.09 bits per heavy atom. The Kier molecular flexibility index (Phi) is 21.0. The first-order chi connectivity index (χ1) is 35.2. The van der Waals surface area contributed by atoms with Gasteiger partial charge in [0, 0.05) is 55.8 Å². The van der Waals surface area contributed by atoms with Gasteiger partial charge >= 0.3 is 6.09 Å². The predicted octanol–water partition coefficient (Wildman–Crippen LogP) is 0.803. The molecule has 25 heteroatoms. The number of aromatic nitrogens is 3. The van der Waals surface area contributed by atoms with Gasteiger partial charge in [0.15, 0.2) is 5.82 Å². The largest absolute Gasteiger partial charge is 0.444 e. The Morgan fingerprint density at radius 2 is 1.42 bits per heavy atom. The second-order valence-electron chi connectivity index (χ2n) is 17.6. The van der Waals surface area contributed by atoms with Crippen molar-refractivity contribution in [3.63, 3.8) is 0 Å². The van der Waals surface area contributed by atoms with Crippen LogP contribution in [0.15, 0.2) is 60.7 Å². The van der Waals surface area contributed by atoms with Gasteiger partial charge in [-0.25, -0.2) is 14.8 Å². The van der Waals surface area contributed by atoms with Crippen LogP contribution in [0.25, 0.3) is 21.9 Å². The van der Waals surface area contributed by atoms with Gasteiger partial charge in [0.05, 0.1) is 56.0 Å². The molecule has 0 spiro atoms. The molecule has 74 heavy (non-hydrogen) atoms. The highest BCUT2D eigenvalue weighted by atomic mass is 16.5. The van der Waals surface area contributed by atoms with Crippen molar-refractivity contribution in [2.75, 3.05) is 56.8 Å². The van der Waals surface area contributed by atoms with Crippen molar-refractivity contribution in [2.45, 2.75) is 97.4 Å². The molecule has 1 aliphatic heterocycles. The zero-order valence-electron chi connectivity index (χ0n) is 41.8. The number of para-hydroxylation sites is 1. The molecule has 0 saturated heterocycles. The molecule has 3 atom stereocenters. The lowest BCUT2D eigenvalue weighted by molar-refractivity contribution is -0.137. The molecular formula is C49H63N11O14. The van der Waals surface area contributed by atoms with Gasteiger partial charge < -0.3 is 60.9 Å². The summed E-state index contributed by atoms with van der Waals surface area (Å²) in [6, 6.07) is 9.84. The number of imide groups is 1. The van der Waals surface area contributed by atoms with Gasteiger partial charge in [0.1, 0.15) is 42.7 Å². The number of pyridine rings is 1. The number of carbonyl (C=O) groups excluding carboxylic acids is 9. The molecule has 4 aromatic rings. The Morgan fingerprint density at radius 1 is 0.757 bits per heavy atom. The molecule has 0 radical (unpaired) electrons. The maximum Gasteiger partial charge on any atom is 0.413 e. The summed E-state index contributed by atoms with van der Waals surface area (Å²) in [6.45, 7) is 9.25. The number of hydrogen-bond donors (Lipinski definition) is 8. The Bertz CT molecular complexity index is 2700. The zero-order valence-corrected chi connectivity index (χ0v) is 41.8. The number of nitrogens with one attached hydrogen (secondary N) is 6.